The van der Waals surface area contributed by atoms with E-state index >= 15 is 0 Å². The van der Waals surface area contributed by atoms with E-state index in [1.165, 1.54) is 31.7 Å². The van der Waals surface area contributed by atoms with E-state index in [1.807, 2.05) is 37.4 Å². The summed E-state index contributed by atoms with van der Waals surface area (Å²) < 4.78 is 2.07. The Bertz CT molecular complexity index is 1150. The Morgan fingerprint density at radius 2 is 1.72 bits per heavy atom. The van der Waals surface area contributed by atoms with Gasteiger partial charge in [0.2, 0.25) is 5.43 Å². The van der Waals surface area contributed by atoms with E-state index in [-0.39, 0.29) is 23.6 Å². The molecule has 8 heteroatoms. The van der Waals surface area contributed by atoms with Gasteiger partial charge in [-0.1, -0.05) is 50.6 Å². The fourth-order valence-electron chi connectivity index (χ4n) is 4.41. The summed E-state index contributed by atoms with van der Waals surface area (Å²) in [5.74, 6) is -0.114. The van der Waals surface area contributed by atoms with Crippen molar-refractivity contribution in [1.29, 1.82) is 0 Å². The van der Waals surface area contributed by atoms with Crippen LogP contribution in [0.25, 0.3) is 10.9 Å². The lowest BCUT2D eigenvalue weighted by Crippen LogP contribution is -2.23. The number of nitrogens with zero attached hydrogens (tertiary/aromatic N) is 2. The van der Waals surface area contributed by atoms with Gasteiger partial charge >= 0.3 is 0 Å². The molecule has 0 spiro atoms. The normalized spacial score (nSPS) is 11.0. The second-order valence-corrected chi connectivity index (χ2v) is 9.63. The zero-order chi connectivity index (χ0) is 25.0. The number of aromatic hydroxyl groups is 1. The average Bonchev–Trinajstić information content (AvgIpc) is 2.84. The molecule has 3 rings (SSSR count). The second kappa shape index (κ2) is 15.7. The Morgan fingerprint density at radius 3 is 2.47 bits per heavy atom. The molecule has 0 atom stereocenters. The number of unbranched alkanes of at least 4 members (excludes halogenated alkanes) is 6. The molecule has 0 amide bonds. The van der Waals surface area contributed by atoms with Crippen LogP contribution in [0.15, 0.2) is 41.3 Å². The Hall–Kier alpha value is -2.28. The number of anilines is 1. The highest BCUT2D eigenvalue weighted by Gasteiger charge is 2.12. The molecule has 1 aromatic carbocycles. The zero-order valence-corrected chi connectivity index (χ0v) is 23.1. The Kier molecular flexibility index (Phi) is 13.1. The molecular weight excluding hydrogens is 495 g/mol. The number of halogens is 2. The fraction of sp³-hybridized carbons (Fsp3) is 0.500. The number of fused-ring (bicyclic) bond motifs is 1. The highest BCUT2D eigenvalue weighted by molar-refractivity contribution is 6.31. The molecule has 0 saturated heterocycles. The average molecular weight is 536 g/mol. The predicted octanol–water partition coefficient (Wildman–Crippen LogP) is 6.83. The molecular formula is C28H40Cl2N4O2. The van der Waals surface area contributed by atoms with Gasteiger partial charge in [0.25, 0.3) is 0 Å². The number of benzene rings is 1. The van der Waals surface area contributed by atoms with Crippen molar-refractivity contribution in [1.82, 2.24) is 14.9 Å². The first-order valence-corrected chi connectivity index (χ1v) is 13.3. The number of pyridine rings is 2. The van der Waals surface area contributed by atoms with Gasteiger partial charge in [-0.3, -0.25) is 9.78 Å². The molecule has 3 N–H and O–H groups in total. The summed E-state index contributed by atoms with van der Waals surface area (Å²) in [5, 5.41) is 19.1. The van der Waals surface area contributed by atoms with Crippen molar-refractivity contribution >= 4 is 40.6 Å². The first-order chi connectivity index (χ1) is 17.0. The SMILES string of the molecule is CCCCn1c(C)cc(=O)c(O)c1CNCCCCCCCCNc1ccnc2cc(Cl)ccc12.Cl. The van der Waals surface area contributed by atoms with Crippen LogP contribution in [0.2, 0.25) is 5.02 Å². The smallest absolute Gasteiger partial charge is 0.223 e. The summed E-state index contributed by atoms with van der Waals surface area (Å²) in [6.45, 7) is 7.26. The van der Waals surface area contributed by atoms with Crippen molar-refractivity contribution < 1.29 is 5.11 Å². The van der Waals surface area contributed by atoms with Crippen molar-refractivity contribution in [3.8, 4) is 5.75 Å². The highest BCUT2D eigenvalue weighted by Crippen LogP contribution is 2.24. The first-order valence-electron chi connectivity index (χ1n) is 12.9. The second-order valence-electron chi connectivity index (χ2n) is 9.20. The maximum Gasteiger partial charge on any atom is 0.223 e. The fourth-order valence-corrected chi connectivity index (χ4v) is 4.58. The standard InChI is InChI=1S/C28H39ClN4O2.ClH/c1-3-4-17-33-21(2)18-27(34)28(35)26(33)20-30-14-9-7-5-6-8-10-15-31-24-13-16-32-25-19-22(29)11-12-23(24)25;/h11-13,16,18-19,30,35H,3-10,14-15,17,20H2,1-2H3,(H,31,32);1H. The molecule has 0 radical (unpaired) electrons. The van der Waals surface area contributed by atoms with E-state index in [2.05, 4.69) is 27.1 Å². The predicted molar refractivity (Wildman–Crippen MR) is 154 cm³/mol. The molecule has 2 aromatic heterocycles. The van der Waals surface area contributed by atoms with Crippen LogP contribution < -0.4 is 16.1 Å². The maximum atomic E-state index is 12.0. The molecule has 0 bridgehead atoms. The van der Waals surface area contributed by atoms with Gasteiger partial charge in [-0.15, -0.1) is 12.4 Å². The van der Waals surface area contributed by atoms with Gasteiger partial charge < -0.3 is 20.3 Å². The van der Waals surface area contributed by atoms with Gasteiger partial charge in [0, 0.05) is 53.7 Å². The molecule has 0 unspecified atom stereocenters. The summed E-state index contributed by atoms with van der Waals surface area (Å²) in [7, 11) is 0. The quantitative estimate of drug-likeness (QED) is 0.186. The van der Waals surface area contributed by atoms with Gasteiger partial charge in [0.1, 0.15) is 0 Å². The monoisotopic (exact) mass is 534 g/mol. The number of nitrogens with one attached hydrogen (secondary N) is 2. The molecule has 36 heavy (non-hydrogen) atoms. The third kappa shape index (κ3) is 8.68. The lowest BCUT2D eigenvalue weighted by molar-refractivity contribution is 0.435. The summed E-state index contributed by atoms with van der Waals surface area (Å²) in [4.78, 5) is 16.4. The zero-order valence-electron chi connectivity index (χ0n) is 21.5. The number of hydrogen-bond donors (Lipinski definition) is 3. The van der Waals surface area contributed by atoms with Crippen LogP contribution in [0.1, 0.15) is 69.7 Å². The highest BCUT2D eigenvalue weighted by atomic mass is 35.5. The minimum absolute atomic E-state index is 0. The Morgan fingerprint density at radius 1 is 1.00 bits per heavy atom. The topological polar surface area (TPSA) is 79.2 Å². The van der Waals surface area contributed by atoms with Crippen molar-refractivity contribution in [2.24, 2.45) is 0 Å². The summed E-state index contributed by atoms with van der Waals surface area (Å²) >= 11 is 6.07. The van der Waals surface area contributed by atoms with Crippen molar-refractivity contribution in [2.45, 2.75) is 78.3 Å². The first kappa shape index (κ1) is 29.9. The van der Waals surface area contributed by atoms with E-state index in [0.717, 1.165) is 67.6 Å². The third-order valence-electron chi connectivity index (χ3n) is 6.43. The summed E-state index contributed by atoms with van der Waals surface area (Å²) in [6, 6.07) is 9.36. The number of hydrogen-bond acceptors (Lipinski definition) is 5. The van der Waals surface area contributed by atoms with Crippen LogP contribution in [0.3, 0.4) is 0 Å². The molecule has 6 nitrogen and oxygen atoms in total. The van der Waals surface area contributed by atoms with E-state index in [4.69, 9.17) is 11.6 Å². The molecule has 3 aromatic rings. The molecule has 2 heterocycles. The van der Waals surface area contributed by atoms with E-state index in [0.29, 0.717) is 17.3 Å². The van der Waals surface area contributed by atoms with Crippen molar-refractivity contribution in [3.63, 3.8) is 0 Å². The van der Waals surface area contributed by atoms with E-state index in [9.17, 15) is 9.90 Å². The lowest BCUT2D eigenvalue weighted by Gasteiger charge is -2.18. The molecule has 0 aliphatic rings. The minimum Gasteiger partial charge on any atom is -0.503 e. The molecule has 0 aliphatic heterocycles. The molecule has 0 aliphatic carbocycles. The molecule has 198 valence electrons. The van der Waals surface area contributed by atoms with Crippen LogP contribution in [0, 0.1) is 6.92 Å². The molecule has 0 saturated carbocycles. The van der Waals surface area contributed by atoms with Crippen molar-refractivity contribution in [2.75, 3.05) is 18.4 Å². The maximum absolute atomic E-state index is 12.0. The lowest BCUT2D eigenvalue weighted by atomic mass is 10.1. The van der Waals surface area contributed by atoms with Crippen LogP contribution in [0.4, 0.5) is 5.69 Å². The van der Waals surface area contributed by atoms with E-state index in [1.54, 1.807) is 0 Å². The Balaban J connectivity index is 0.00000456. The van der Waals surface area contributed by atoms with Crippen LogP contribution in [-0.4, -0.2) is 27.7 Å². The number of aryl methyl sites for hydroxylation is 1. The van der Waals surface area contributed by atoms with Gasteiger partial charge in [0.05, 0.1) is 11.2 Å². The minimum atomic E-state index is -0.289. The van der Waals surface area contributed by atoms with E-state index < -0.39 is 0 Å². The van der Waals surface area contributed by atoms with Crippen LogP contribution in [0.5, 0.6) is 5.75 Å². The van der Waals surface area contributed by atoms with Gasteiger partial charge in [-0.2, -0.15) is 0 Å². The Labute approximate surface area is 225 Å². The summed E-state index contributed by atoms with van der Waals surface area (Å²) in [5.41, 5.74) is 3.36. The van der Waals surface area contributed by atoms with Crippen LogP contribution >= 0.6 is 24.0 Å². The number of aromatic nitrogens is 2. The van der Waals surface area contributed by atoms with Gasteiger partial charge in [-0.05, 0) is 57.0 Å². The van der Waals surface area contributed by atoms with Gasteiger partial charge in [-0.25, -0.2) is 0 Å². The van der Waals surface area contributed by atoms with Crippen molar-refractivity contribution in [3.05, 3.63) is 63.2 Å². The summed E-state index contributed by atoms with van der Waals surface area (Å²) in [6.07, 6.45) is 11.0. The van der Waals surface area contributed by atoms with Crippen LogP contribution in [-0.2, 0) is 13.1 Å². The van der Waals surface area contributed by atoms with Gasteiger partial charge in [0.15, 0.2) is 5.75 Å². The third-order valence-corrected chi connectivity index (χ3v) is 6.66. The molecule has 0 fully saturated rings. The number of rotatable bonds is 15. The largest absolute Gasteiger partial charge is 0.503 e.